The van der Waals surface area contributed by atoms with Gasteiger partial charge in [0, 0.05) is 62.0 Å². The third-order valence-corrected chi connectivity index (χ3v) is 6.10. The number of nitrogens with one attached hydrogen (secondary N) is 1. The smallest absolute Gasteiger partial charge is 0.167 e. The minimum atomic E-state index is -0.449. The molecule has 0 bridgehead atoms. The number of ether oxygens (including phenoxy) is 4. The Morgan fingerprint density at radius 3 is 2.62 bits per heavy atom. The lowest BCUT2D eigenvalue weighted by molar-refractivity contribution is 0.0263. The Hall–Kier alpha value is -3.10. The summed E-state index contributed by atoms with van der Waals surface area (Å²) >= 11 is 0. The van der Waals surface area contributed by atoms with Gasteiger partial charge in [-0.05, 0) is 30.7 Å². The number of hydrogen-bond donors (Lipinski definition) is 1. The first kappa shape index (κ1) is 24.0. The van der Waals surface area contributed by atoms with Crippen LogP contribution in [0.5, 0.6) is 23.0 Å². The van der Waals surface area contributed by atoms with Gasteiger partial charge in [-0.15, -0.1) is 0 Å². The molecule has 0 radical (unpaired) electrons. The van der Waals surface area contributed by atoms with E-state index in [9.17, 15) is 4.39 Å². The van der Waals surface area contributed by atoms with Gasteiger partial charge in [0.25, 0.3) is 0 Å². The lowest BCUT2D eigenvalue weighted by Crippen LogP contribution is -2.40. The second kappa shape index (κ2) is 11.4. The molecule has 1 N–H and O–H groups in total. The average molecular weight is 470 g/mol. The van der Waals surface area contributed by atoms with Crippen molar-refractivity contribution in [3.05, 3.63) is 48.4 Å². The van der Waals surface area contributed by atoms with Crippen LogP contribution in [0.15, 0.2) is 42.6 Å². The topological polar surface area (TPSA) is 65.1 Å². The second-order valence-electron chi connectivity index (χ2n) is 8.32. The lowest BCUT2D eigenvalue weighted by atomic mass is 10.1. The minimum absolute atomic E-state index is 0.139. The highest BCUT2D eigenvalue weighted by Crippen LogP contribution is 2.38. The van der Waals surface area contributed by atoms with Gasteiger partial charge in [0.05, 0.1) is 32.4 Å². The Kier molecular flexibility index (Phi) is 8.03. The summed E-state index contributed by atoms with van der Waals surface area (Å²) in [4.78, 5) is 6.89. The number of aromatic nitrogens is 1. The third kappa shape index (κ3) is 5.69. The van der Waals surface area contributed by atoms with E-state index in [1.54, 1.807) is 38.6 Å². The highest BCUT2D eigenvalue weighted by atomic mass is 19.1. The molecule has 2 aromatic carbocycles. The Balaban J connectivity index is 1.53. The van der Waals surface area contributed by atoms with Crippen LogP contribution in [0.3, 0.4) is 0 Å². The number of methoxy groups -OCH3 is 1. The van der Waals surface area contributed by atoms with Crippen molar-refractivity contribution in [2.24, 2.45) is 5.92 Å². The van der Waals surface area contributed by atoms with Crippen LogP contribution in [0.1, 0.15) is 13.3 Å². The molecular formula is C26H32FN3O4. The number of benzene rings is 2. The molecule has 0 aliphatic carbocycles. The van der Waals surface area contributed by atoms with Crippen molar-refractivity contribution in [3.63, 3.8) is 0 Å². The standard InChI is InChI=1S/C26H32FN3O4/c1-4-18(16-30-9-11-32-12-10-30)17-33-26-15-22-20(14-25(26)31-3)23(7-8-29-22)34-24-6-5-19(28-2)13-21(24)27/h5-8,13-15,18,28H,4,9-12,16-17H2,1-3H3. The zero-order chi connectivity index (χ0) is 23.9. The Bertz CT molecular complexity index is 1100. The summed E-state index contributed by atoms with van der Waals surface area (Å²) < 4.78 is 37.6. The number of pyridine rings is 1. The van der Waals surface area contributed by atoms with Gasteiger partial charge in [0.1, 0.15) is 5.75 Å². The lowest BCUT2D eigenvalue weighted by Gasteiger charge is -2.30. The molecule has 1 unspecified atom stereocenters. The van der Waals surface area contributed by atoms with Crippen molar-refractivity contribution >= 4 is 16.6 Å². The van der Waals surface area contributed by atoms with Gasteiger partial charge in [-0.25, -0.2) is 4.39 Å². The van der Waals surface area contributed by atoms with Crippen molar-refractivity contribution in [2.45, 2.75) is 13.3 Å². The van der Waals surface area contributed by atoms with E-state index in [1.807, 2.05) is 12.1 Å². The third-order valence-electron chi connectivity index (χ3n) is 6.10. The Morgan fingerprint density at radius 1 is 1.09 bits per heavy atom. The molecule has 0 saturated carbocycles. The molecule has 182 valence electrons. The van der Waals surface area contributed by atoms with Crippen molar-refractivity contribution in [2.75, 3.05) is 58.9 Å². The van der Waals surface area contributed by atoms with Crippen molar-refractivity contribution in [1.29, 1.82) is 0 Å². The van der Waals surface area contributed by atoms with Crippen LogP contribution in [-0.2, 0) is 4.74 Å². The number of halogens is 1. The van der Waals surface area contributed by atoms with E-state index in [4.69, 9.17) is 18.9 Å². The van der Waals surface area contributed by atoms with E-state index in [-0.39, 0.29) is 5.75 Å². The van der Waals surface area contributed by atoms with Crippen molar-refractivity contribution < 1.29 is 23.3 Å². The van der Waals surface area contributed by atoms with Crippen LogP contribution in [0.2, 0.25) is 0 Å². The highest BCUT2D eigenvalue weighted by molar-refractivity contribution is 5.88. The summed E-state index contributed by atoms with van der Waals surface area (Å²) in [6, 6.07) is 10.1. The van der Waals surface area contributed by atoms with Crippen LogP contribution < -0.4 is 19.5 Å². The SMILES string of the molecule is CCC(COc1cc2nccc(Oc3ccc(NC)cc3F)c2cc1OC)CN1CCOCC1. The second-order valence-corrected chi connectivity index (χ2v) is 8.32. The van der Waals surface area contributed by atoms with Crippen LogP contribution in [0.25, 0.3) is 10.9 Å². The first-order valence-electron chi connectivity index (χ1n) is 11.7. The molecule has 1 saturated heterocycles. The van der Waals surface area contributed by atoms with Gasteiger partial charge in [0.2, 0.25) is 0 Å². The molecule has 0 amide bonds. The van der Waals surface area contributed by atoms with Crippen LogP contribution in [0.4, 0.5) is 10.1 Å². The van der Waals surface area contributed by atoms with Gasteiger partial charge < -0.3 is 24.3 Å². The molecule has 1 aromatic heterocycles. The summed E-state index contributed by atoms with van der Waals surface area (Å²) in [6.07, 6.45) is 2.66. The fraction of sp³-hybridized carbons (Fsp3) is 0.423. The van der Waals surface area contributed by atoms with E-state index in [2.05, 4.69) is 22.1 Å². The van der Waals surface area contributed by atoms with Gasteiger partial charge in [0.15, 0.2) is 23.1 Å². The molecule has 2 heterocycles. The maximum Gasteiger partial charge on any atom is 0.167 e. The fourth-order valence-corrected chi connectivity index (χ4v) is 4.00. The van der Waals surface area contributed by atoms with E-state index in [1.165, 1.54) is 6.07 Å². The fourth-order valence-electron chi connectivity index (χ4n) is 4.00. The predicted molar refractivity (Wildman–Crippen MR) is 131 cm³/mol. The predicted octanol–water partition coefficient (Wildman–Crippen LogP) is 4.95. The van der Waals surface area contributed by atoms with Crippen molar-refractivity contribution in [3.8, 4) is 23.0 Å². The largest absolute Gasteiger partial charge is 0.493 e. The minimum Gasteiger partial charge on any atom is -0.493 e. The summed E-state index contributed by atoms with van der Waals surface area (Å²) in [7, 11) is 3.34. The Morgan fingerprint density at radius 2 is 1.91 bits per heavy atom. The maximum atomic E-state index is 14.5. The van der Waals surface area contributed by atoms with Crippen molar-refractivity contribution in [1.82, 2.24) is 9.88 Å². The summed E-state index contributed by atoms with van der Waals surface area (Å²) in [5.41, 5.74) is 1.36. The van der Waals surface area contributed by atoms with Gasteiger partial charge in [-0.3, -0.25) is 9.88 Å². The summed E-state index contributed by atoms with van der Waals surface area (Å²) in [5, 5.41) is 3.62. The number of rotatable bonds is 10. The molecule has 3 aromatic rings. The molecule has 0 spiro atoms. The molecule has 1 fully saturated rings. The normalized spacial score (nSPS) is 15.2. The molecule has 1 aliphatic heterocycles. The van der Waals surface area contributed by atoms with E-state index in [0.29, 0.717) is 46.4 Å². The quantitative estimate of drug-likeness (QED) is 0.451. The molecule has 1 aliphatic rings. The molecule has 4 rings (SSSR count). The highest BCUT2D eigenvalue weighted by Gasteiger charge is 2.18. The zero-order valence-electron chi connectivity index (χ0n) is 20.0. The van der Waals surface area contributed by atoms with Crippen LogP contribution >= 0.6 is 0 Å². The number of fused-ring (bicyclic) bond motifs is 1. The summed E-state index contributed by atoms with van der Waals surface area (Å²) in [6.45, 7) is 7.23. The number of morpholine rings is 1. The van der Waals surface area contributed by atoms with Crippen LogP contribution in [0, 0.1) is 11.7 Å². The molecule has 7 nitrogen and oxygen atoms in total. The van der Waals surface area contributed by atoms with E-state index in [0.717, 1.165) is 39.3 Å². The number of hydrogen-bond acceptors (Lipinski definition) is 7. The van der Waals surface area contributed by atoms with E-state index < -0.39 is 5.82 Å². The monoisotopic (exact) mass is 469 g/mol. The molecule has 8 heteroatoms. The Labute approximate surface area is 199 Å². The zero-order valence-corrected chi connectivity index (χ0v) is 20.0. The first-order chi connectivity index (χ1) is 16.6. The van der Waals surface area contributed by atoms with Gasteiger partial charge >= 0.3 is 0 Å². The molecule has 1 atom stereocenters. The number of anilines is 1. The summed E-state index contributed by atoms with van der Waals surface area (Å²) in [5.74, 6) is 1.78. The van der Waals surface area contributed by atoms with Gasteiger partial charge in [-0.2, -0.15) is 0 Å². The maximum absolute atomic E-state index is 14.5. The average Bonchev–Trinajstić information content (AvgIpc) is 2.87. The molecular weight excluding hydrogens is 437 g/mol. The van der Waals surface area contributed by atoms with E-state index >= 15 is 0 Å². The number of nitrogens with zero attached hydrogens (tertiary/aromatic N) is 2. The first-order valence-corrected chi connectivity index (χ1v) is 11.7. The molecule has 34 heavy (non-hydrogen) atoms. The van der Waals surface area contributed by atoms with Crippen LogP contribution in [-0.4, -0.2) is 63.5 Å². The van der Waals surface area contributed by atoms with Gasteiger partial charge in [-0.1, -0.05) is 6.92 Å².